The second-order valence-corrected chi connectivity index (χ2v) is 7.78. The minimum absolute atomic E-state index is 0.234. The Balaban J connectivity index is 1.55. The summed E-state index contributed by atoms with van der Waals surface area (Å²) in [7, 11) is 1.58. The quantitative estimate of drug-likeness (QED) is 0.535. The smallest absolute Gasteiger partial charge is 0.291 e. The zero-order chi connectivity index (χ0) is 22.7. The molecule has 164 valence electrons. The number of anilines is 1. The number of aryl methyl sites for hydroxylation is 1. The summed E-state index contributed by atoms with van der Waals surface area (Å²) in [4.78, 5) is 25.3. The number of carbonyl (C=O) groups is 2. The van der Waals surface area contributed by atoms with Crippen molar-refractivity contribution in [1.29, 1.82) is 0 Å². The predicted octanol–water partition coefficient (Wildman–Crippen LogP) is 4.97. The Morgan fingerprint density at radius 2 is 1.81 bits per heavy atom. The maximum atomic E-state index is 12.8. The molecule has 0 saturated heterocycles. The molecule has 1 aromatic heterocycles. The van der Waals surface area contributed by atoms with Gasteiger partial charge in [-0.25, -0.2) is 5.43 Å². The van der Waals surface area contributed by atoms with Crippen molar-refractivity contribution in [3.8, 4) is 5.75 Å². The lowest BCUT2D eigenvalue weighted by Gasteiger charge is -2.13. The Hall–Kier alpha value is -3.58. The van der Waals surface area contributed by atoms with Crippen LogP contribution in [0.1, 0.15) is 50.6 Å². The van der Waals surface area contributed by atoms with Crippen LogP contribution in [0.25, 0.3) is 0 Å². The molecule has 0 atom stereocenters. The molecule has 3 aromatic rings. The van der Waals surface area contributed by atoms with Crippen molar-refractivity contribution in [2.45, 2.75) is 26.2 Å². The van der Waals surface area contributed by atoms with E-state index in [1.807, 2.05) is 6.92 Å². The van der Waals surface area contributed by atoms with Crippen molar-refractivity contribution in [3.63, 3.8) is 0 Å². The van der Waals surface area contributed by atoms with Crippen LogP contribution in [0, 0.1) is 6.92 Å². The number of ether oxygens (including phenoxy) is 1. The van der Waals surface area contributed by atoms with E-state index in [0.717, 1.165) is 12.0 Å². The Bertz CT molecular complexity index is 1200. The highest BCUT2D eigenvalue weighted by atomic mass is 35.5. The zero-order valence-corrected chi connectivity index (χ0v) is 18.5. The van der Waals surface area contributed by atoms with Crippen LogP contribution < -0.4 is 15.5 Å². The van der Waals surface area contributed by atoms with E-state index in [4.69, 9.17) is 20.8 Å². The molecule has 1 aliphatic rings. The van der Waals surface area contributed by atoms with Gasteiger partial charge in [-0.2, -0.15) is 5.10 Å². The van der Waals surface area contributed by atoms with Gasteiger partial charge in [-0.15, -0.1) is 0 Å². The number of amides is 2. The van der Waals surface area contributed by atoms with E-state index in [2.05, 4.69) is 15.8 Å². The van der Waals surface area contributed by atoms with E-state index in [1.165, 1.54) is 0 Å². The Labute approximate surface area is 190 Å². The molecule has 0 saturated carbocycles. The largest absolute Gasteiger partial charge is 0.497 e. The summed E-state index contributed by atoms with van der Waals surface area (Å²) in [5.74, 6) is 0.889. The normalized spacial score (nSPS) is 14.0. The van der Waals surface area contributed by atoms with Crippen LogP contribution in [0.2, 0.25) is 5.02 Å². The summed E-state index contributed by atoms with van der Waals surface area (Å²) in [5.41, 5.74) is 5.69. The number of methoxy groups -OCH3 is 1. The average Bonchev–Trinajstić information content (AvgIpc) is 3.15. The molecule has 0 fully saturated rings. The lowest BCUT2D eigenvalue weighted by Crippen LogP contribution is -2.22. The third-order valence-electron chi connectivity index (χ3n) is 5.29. The first-order valence-corrected chi connectivity index (χ1v) is 10.5. The van der Waals surface area contributed by atoms with Gasteiger partial charge in [0.2, 0.25) is 0 Å². The number of nitrogens with zero attached hydrogens (tertiary/aromatic N) is 1. The van der Waals surface area contributed by atoms with E-state index in [0.29, 0.717) is 51.9 Å². The standard InChI is InChI=1S/C24H22ClN3O4/c1-14-21-19(27-28-23(29)17-6-3-4-7-18(17)25)8-5-9-20(21)32-22(14)24(30)26-15-10-12-16(31-2)13-11-15/h3-4,6-7,10-13H,5,8-9H2,1-2H3,(H,26,30)(H,28,29)/b27-19+. The van der Waals surface area contributed by atoms with Crippen molar-refractivity contribution >= 4 is 34.8 Å². The van der Waals surface area contributed by atoms with Crippen LogP contribution in [0.15, 0.2) is 58.0 Å². The van der Waals surface area contributed by atoms with Crippen molar-refractivity contribution in [1.82, 2.24) is 5.43 Å². The topological polar surface area (TPSA) is 92.9 Å². The van der Waals surface area contributed by atoms with Gasteiger partial charge in [-0.05, 0) is 56.2 Å². The van der Waals surface area contributed by atoms with E-state index in [1.54, 1.807) is 55.6 Å². The molecular formula is C24H22ClN3O4. The fourth-order valence-corrected chi connectivity index (χ4v) is 3.90. The maximum Gasteiger partial charge on any atom is 0.291 e. The molecule has 32 heavy (non-hydrogen) atoms. The van der Waals surface area contributed by atoms with Crippen LogP contribution in [-0.4, -0.2) is 24.6 Å². The minimum Gasteiger partial charge on any atom is -0.497 e. The highest BCUT2D eigenvalue weighted by Crippen LogP contribution is 2.30. The average molecular weight is 452 g/mol. The second-order valence-electron chi connectivity index (χ2n) is 7.37. The number of rotatable bonds is 5. The first kappa shape index (κ1) is 21.6. The molecule has 1 aliphatic carbocycles. The number of hydrogen-bond acceptors (Lipinski definition) is 5. The molecule has 0 bridgehead atoms. The number of halogens is 1. The minimum atomic E-state index is -0.395. The van der Waals surface area contributed by atoms with E-state index >= 15 is 0 Å². The molecular weight excluding hydrogens is 430 g/mol. The third kappa shape index (κ3) is 4.38. The number of furan rings is 1. The molecule has 0 spiro atoms. The highest BCUT2D eigenvalue weighted by molar-refractivity contribution is 6.33. The predicted molar refractivity (Wildman–Crippen MR) is 123 cm³/mol. The van der Waals surface area contributed by atoms with Crippen LogP contribution in [0.3, 0.4) is 0 Å². The number of fused-ring (bicyclic) bond motifs is 1. The molecule has 0 radical (unpaired) electrons. The van der Waals surface area contributed by atoms with Gasteiger partial charge in [0.1, 0.15) is 11.5 Å². The van der Waals surface area contributed by atoms with Gasteiger partial charge < -0.3 is 14.5 Å². The summed E-state index contributed by atoms with van der Waals surface area (Å²) >= 11 is 6.09. The third-order valence-corrected chi connectivity index (χ3v) is 5.62. The summed E-state index contributed by atoms with van der Waals surface area (Å²) < 4.78 is 11.0. The highest BCUT2D eigenvalue weighted by Gasteiger charge is 2.28. The molecule has 0 unspecified atom stereocenters. The first-order valence-electron chi connectivity index (χ1n) is 10.2. The molecule has 7 nitrogen and oxygen atoms in total. The molecule has 2 aromatic carbocycles. The zero-order valence-electron chi connectivity index (χ0n) is 17.7. The van der Waals surface area contributed by atoms with Crippen LogP contribution >= 0.6 is 11.6 Å². The Morgan fingerprint density at radius 1 is 1.06 bits per heavy atom. The summed E-state index contributed by atoms with van der Waals surface area (Å²) in [6.07, 6.45) is 2.17. The molecule has 2 N–H and O–H groups in total. The van der Waals surface area contributed by atoms with E-state index in [-0.39, 0.29) is 11.7 Å². The van der Waals surface area contributed by atoms with Crippen LogP contribution in [0.5, 0.6) is 5.75 Å². The van der Waals surface area contributed by atoms with Gasteiger partial charge in [0.15, 0.2) is 5.76 Å². The molecule has 4 rings (SSSR count). The lowest BCUT2D eigenvalue weighted by molar-refractivity contribution is 0.0953. The number of benzene rings is 2. The fraction of sp³-hybridized carbons (Fsp3) is 0.208. The Morgan fingerprint density at radius 3 is 2.53 bits per heavy atom. The lowest BCUT2D eigenvalue weighted by atomic mass is 9.93. The molecule has 1 heterocycles. The summed E-state index contributed by atoms with van der Waals surface area (Å²) in [6, 6.07) is 13.8. The van der Waals surface area contributed by atoms with Crippen molar-refractivity contribution in [2.75, 3.05) is 12.4 Å². The Kier molecular flexibility index (Phi) is 6.28. The fourth-order valence-electron chi connectivity index (χ4n) is 3.68. The number of hydrogen-bond donors (Lipinski definition) is 2. The van der Waals surface area contributed by atoms with Gasteiger partial charge >= 0.3 is 0 Å². The van der Waals surface area contributed by atoms with E-state index in [9.17, 15) is 9.59 Å². The van der Waals surface area contributed by atoms with Gasteiger partial charge in [-0.1, -0.05) is 23.7 Å². The monoisotopic (exact) mass is 451 g/mol. The molecule has 2 amide bonds. The van der Waals surface area contributed by atoms with Gasteiger partial charge in [0.05, 0.1) is 23.4 Å². The summed E-state index contributed by atoms with van der Waals surface area (Å²) in [6.45, 7) is 1.82. The van der Waals surface area contributed by atoms with Gasteiger partial charge in [0, 0.05) is 23.2 Å². The number of carbonyl (C=O) groups excluding carboxylic acids is 2. The SMILES string of the molecule is COc1ccc(NC(=O)c2oc3c(c2C)/C(=N/NC(=O)c2ccccc2Cl)CCC3)cc1. The van der Waals surface area contributed by atoms with Crippen molar-refractivity contribution in [3.05, 3.63) is 81.8 Å². The molecule has 0 aliphatic heterocycles. The summed E-state index contributed by atoms with van der Waals surface area (Å²) in [5, 5.41) is 7.52. The van der Waals surface area contributed by atoms with Gasteiger partial charge in [-0.3, -0.25) is 9.59 Å². The molecule has 8 heteroatoms. The van der Waals surface area contributed by atoms with Crippen molar-refractivity contribution in [2.24, 2.45) is 5.10 Å². The van der Waals surface area contributed by atoms with Crippen LogP contribution in [-0.2, 0) is 6.42 Å². The second kappa shape index (κ2) is 9.28. The first-order chi connectivity index (χ1) is 15.5. The van der Waals surface area contributed by atoms with Crippen molar-refractivity contribution < 1.29 is 18.7 Å². The van der Waals surface area contributed by atoms with Gasteiger partial charge in [0.25, 0.3) is 11.8 Å². The van der Waals surface area contributed by atoms with E-state index < -0.39 is 5.91 Å². The van der Waals surface area contributed by atoms with Crippen LogP contribution in [0.4, 0.5) is 5.69 Å². The number of hydrazone groups is 1. The number of nitrogens with one attached hydrogen (secondary N) is 2. The maximum absolute atomic E-state index is 12.8.